The van der Waals surface area contributed by atoms with Crippen LogP contribution in [-0.4, -0.2) is 62.1 Å². The molecule has 82 valence electrons. The van der Waals surface area contributed by atoms with Gasteiger partial charge < -0.3 is 14.5 Å². The van der Waals surface area contributed by atoms with Crippen LogP contribution in [0.15, 0.2) is 0 Å². The molecule has 0 saturated carbocycles. The highest BCUT2D eigenvalue weighted by Gasteiger charge is 2.24. The number of piperazine rings is 1. The van der Waals surface area contributed by atoms with Gasteiger partial charge in [0.1, 0.15) is 0 Å². The molecule has 0 aromatic heterocycles. The highest BCUT2D eigenvalue weighted by molar-refractivity contribution is 5.76. The van der Waals surface area contributed by atoms with Crippen LogP contribution in [0.4, 0.5) is 0 Å². The van der Waals surface area contributed by atoms with Crippen LogP contribution >= 0.6 is 0 Å². The molecule has 0 aliphatic carbocycles. The fourth-order valence-electron chi connectivity index (χ4n) is 1.84. The normalized spacial score (nSPS) is 23.9. The zero-order chi connectivity index (χ0) is 10.6. The molecule has 1 atom stereocenters. The van der Waals surface area contributed by atoms with E-state index in [0.29, 0.717) is 19.1 Å². The number of likely N-dealkylation sites (N-methyl/N-ethyl adjacent to an activating group) is 1. The highest BCUT2D eigenvalue weighted by atomic mass is 16.5. The first-order chi connectivity index (χ1) is 6.65. The summed E-state index contributed by atoms with van der Waals surface area (Å²) in [5.41, 5.74) is 0. The lowest BCUT2D eigenvalue weighted by Crippen LogP contribution is -2.52. The molecule has 0 aromatic rings. The molecular formula is C10H20N2O2. The zero-order valence-corrected chi connectivity index (χ0v) is 9.32. The van der Waals surface area contributed by atoms with Crippen molar-refractivity contribution in [3.63, 3.8) is 0 Å². The van der Waals surface area contributed by atoms with Crippen molar-refractivity contribution >= 4 is 5.91 Å². The average Bonchev–Trinajstić information content (AvgIpc) is 2.14. The van der Waals surface area contributed by atoms with E-state index in [1.54, 1.807) is 7.11 Å². The first-order valence-corrected chi connectivity index (χ1v) is 5.12. The van der Waals surface area contributed by atoms with Crippen LogP contribution in [0.5, 0.6) is 0 Å². The number of amides is 1. The van der Waals surface area contributed by atoms with E-state index in [2.05, 4.69) is 18.9 Å². The van der Waals surface area contributed by atoms with Gasteiger partial charge in [0.15, 0.2) is 0 Å². The van der Waals surface area contributed by atoms with E-state index in [4.69, 9.17) is 4.74 Å². The quantitative estimate of drug-likeness (QED) is 0.652. The number of rotatable bonds is 3. The van der Waals surface area contributed by atoms with Gasteiger partial charge in [-0.15, -0.1) is 0 Å². The smallest absolute Gasteiger partial charge is 0.225 e. The second kappa shape index (κ2) is 5.32. The van der Waals surface area contributed by atoms with Gasteiger partial charge in [0.05, 0.1) is 13.0 Å². The monoisotopic (exact) mass is 200 g/mol. The molecule has 1 fully saturated rings. The predicted molar refractivity (Wildman–Crippen MR) is 55.2 cm³/mol. The van der Waals surface area contributed by atoms with Crippen LogP contribution in [-0.2, 0) is 9.53 Å². The summed E-state index contributed by atoms with van der Waals surface area (Å²) in [6, 6.07) is 0.332. The maximum atomic E-state index is 11.7. The molecular weight excluding hydrogens is 180 g/mol. The Morgan fingerprint density at radius 2 is 2.21 bits per heavy atom. The summed E-state index contributed by atoms with van der Waals surface area (Å²) in [6.07, 6.45) is 0.505. The maximum Gasteiger partial charge on any atom is 0.225 e. The van der Waals surface area contributed by atoms with Crippen LogP contribution < -0.4 is 0 Å². The Balaban J connectivity index is 2.39. The van der Waals surface area contributed by atoms with E-state index >= 15 is 0 Å². The molecule has 0 aromatic carbocycles. The molecule has 4 heteroatoms. The Hall–Kier alpha value is -0.610. The third-order valence-electron chi connectivity index (χ3n) is 2.67. The largest absolute Gasteiger partial charge is 0.384 e. The van der Waals surface area contributed by atoms with E-state index in [1.165, 1.54) is 0 Å². The third kappa shape index (κ3) is 2.96. The van der Waals surface area contributed by atoms with Gasteiger partial charge in [-0.3, -0.25) is 4.79 Å². The van der Waals surface area contributed by atoms with Crippen LogP contribution in [0, 0.1) is 0 Å². The lowest BCUT2D eigenvalue weighted by atomic mass is 10.2. The summed E-state index contributed by atoms with van der Waals surface area (Å²) in [7, 11) is 3.72. The second-order valence-corrected chi connectivity index (χ2v) is 3.94. The second-order valence-electron chi connectivity index (χ2n) is 3.94. The molecule has 1 heterocycles. The zero-order valence-electron chi connectivity index (χ0n) is 9.32. The van der Waals surface area contributed by atoms with Crippen molar-refractivity contribution in [2.45, 2.75) is 19.4 Å². The van der Waals surface area contributed by atoms with Gasteiger partial charge in [-0.25, -0.2) is 0 Å². The topological polar surface area (TPSA) is 32.8 Å². The molecule has 1 aliphatic heterocycles. The van der Waals surface area contributed by atoms with Gasteiger partial charge in [0.2, 0.25) is 5.91 Å². The van der Waals surface area contributed by atoms with Crippen molar-refractivity contribution in [2.24, 2.45) is 0 Å². The maximum absolute atomic E-state index is 11.7. The molecule has 1 saturated heterocycles. The van der Waals surface area contributed by atoms with E-state index in [0.717, 1.165) is 19.6 Å². The number of nitrogens with zero attached hydrogens (tertiary/aromatic N) is 2. The minimum atomic E-state index is 0.215. The molecule has 1 aliphatic rings. The van der Waals surface area contributed by atoms with Crippen molar-refractivity contribution < 1.29 is 9.53 Å². The number of ether oxygens (including phenoxy) is 1. The van der Waals surface area contributed by atoms with Crippen LogP contribution in [0.3, 0.4) is 0 Å². The van der Waals surface area contributed by atoms with Gasteiger partial charge in [0, 0.05) is 32.8 Å². The van der Waals surface area contributed by atoms with Gasteiger partial charge >= 0.3 is 0 Å². The van der Waals surface area contributed by atoms with Gasteiger partial charge in [-0.2, -0.15) is 0 Å². The molecule has 0 N–H and O–H groups in total. The van der Waals surface area contributed by atoms with Crippen molar-refractivity contribution in [3.05, 3.63) is 0 Å². The Labute approximate surface area is 85.8 Å². The minimum Gasteiger partial charge on any atom is -0.384 e. The molecule has 4 nitrogen and oxygen atoms in total. The Kier molecular flexibility index (Phi) is 4.35. The summed E-state index contributed by atoms with van der Waals surface area (Å²) < 4.78 is 4.90. The fraction of sp³-hybridized carbons (Fsp3) is 0.900. The average molecular weight is 200 g/mol. The third-order valence-corrected chi connectivity index (χ3v) is 2.67. The Morgan fingerprint density at radius 3 is 2.79 bits per heavy atom. The van der Waals surface area contributed by atoms with Crippen molar-refractivity contribution in [1.82, 2.24) is 9.80 Å². The Morgan fingerprint density at radius 1 is 1.50 bits per heavy atom. The van der Waals surface area contributed by atoms with Gasteiger partial charge in [-0.05, 0) is 14.0 Å². The SMILES string of the molecule is COCCC(=O)N1CCN(C)CC1C. The summed E-state index contributed by atoms with van der Waals surface area (Å²) in [4.78, 5) is 15.9. The van der Waals surface area contributed by atoms with E-state index in [-0.39, 0.29) is 5.91 Å². The lowest BCUT2D eigenvalue weighted by molar-refractivity contribution is -0.136. The molecule has 1 rings (SSSR count). The number of hydrogen-bond donors (Lipinski definition) is 0. The Bertz CT molecular complexity index is 197. The van der Waals surface area contributed by atoms with Crippen LogP contribution in [0.25, 0.3) is 0 Å². The fourth-order valence-corrected chi connectivity index (χ4v) is 1.84. The van der Waals surface area contributed by atoms with E-state index in [9.17, 15) is 4.79 Å². The van der Waals surface area contributed by atoms with Crippen molar-refractivity contribution in [3.8, 4) is 0 Å². The van der Waals surface area contributed by atoms with E-state index < -0.39 is 0 Å². The first-order valence-electron chi connectivity index (χ1n) is 5.12. The number of methoxy groups -OCH3 is 1. The van der Waals surface area contributed by atoms with Crippen molar-refractivity contribution in [1.29, 1.82) is 0 Å². The standard InChI is InChI=1S/C10H20N2O2/c1-9-8-11(2)5-6-12(9)10(13)4-7-14-3/h9H,4-8H2,1-3H3. The number of hydrogen-bond acceptors (Lipinski definition) is 3. The molecule has 14 heavy (non-hydrogen) atoms. The predicted octanol–water partition coefficient (Wildman–Crippen LogP) is 0.185. The highest BCUT2D eigenvalue weighted by Crippen LogP contribution is 2.09. The van der Waals surface area contributed by atoms with Crippen LogP contribution in [0.1, 0.15) is 13.3 Å². The number of carbonyl (C=O) groups is 1. The number of carbonyl (C=O) groups excluding carboxylic acids is 1. The van der Waals surface area contributed by atoms with Gasteiger partial charge in [0.25, 0.3) is 0 Å². The lowest BCUT2D eigenvalue weighted by Gasteiger charge is -2.38. The molecule has 1 amide bonds. The molecule has 0 spiro atoms. The van der Waals surface area contributed by atoms with E-state index in [1.807, 2.05) is 4.90 Å². The summed E-state index contributed by atoms with van der Waals surface area (Å²) >= 11 is 0. The molecule has 0 bridgehead atoms. The van der Waals surface area contributed by atoms with Gasteiger partial charge in [-0.1, -0.05) is 0 Å². The molecule has 0 radical (unpaired) electrons. The molecule has 1 unspecified atom stereocenters. The summed E-state index contributed by atoms with van der Waals surface area (Å²) in [6.45, 7) is 5.42. The minimum absolute atomic E-state index is 0.215. The van der Waals surface area contributed by atoms with Crippen molar-refractivity contribution in [2.75, 3.05) is 40.4 Å². The first kappa shape index (κ1) is 11.5. The van der Waals surface area contributed by atoms with Crippen LogP contribution in [0.2, 0.25) is 0 Å². The summed E-state index contributed by atoms with van der Waals surface area (Å²) in [5, 5.41) is 0. The summed E-state index contributed by atoms with van der Waals surface area (Å²) in [5.74, 6) is 0.215.